The Bertz CT molecular complexity index is 1100. The summed E-state index contributed by atoms with van der Waals surface area (Å²) in [5.74, 6) is -2.81. The molecule has 4 aliphatic rings. The number of aliphatic hydroxyl groups is 1. The third kappa shape index (κ3) is 8.74. The first-order valence-corrected chi connectivity index (χ1v) is 17.6. The number of rotatable bonds is 8. The number of carbonyl (C=O) groups excluding carboxylic acids is 3. The van der Waals surface area contributed by atoms with E-state index in [-0.39, 0.29) is 48.2 Å². The maximum Gasteiger partial charge on any atom is 0.316 e. The van der Waals surface area contributed by atoms with Gasteiger partial charge < -0.3 is 44.3 Å². The fourth-order valence-corrected chi connectivity index (χ4v) is 7.85. The highest BCUT2D eigenvalue weighted by Crippen LogP contribution is 2.41. The highest BCUT2D eigenvalue weighted by molar-refractivity contribution is 6.00. The molecule has 0 aromatic heterocycles. The first kappa shape index (κ1) is 38.1. The van der Waals surface area contributed by atoms with Gasteiger partial charge in [0.1, 0.15) is 18.1 Å². The minimum absolute atomic E-state index is 0.0593. The van der Waals surface area contributed by atoms with E-state index >= 15 is 0 Å². The summed E-state index contributed by atoms with van der Waals surface area (Å²) in [6, 6.07) is -0.350. The first-order chi connectivity index (χ1) is 22.0. The number of aliphatic hydroxyl groups excluding tert-OH is 1. The number of hydrogen-bond acceptors (Lipinski definition) is 12. The lowest BCUT2D eigenvalue weighted by Crippen LogP contribution is -2.60. The molecule has 12 nitrogen and oxygen atoms in total. The van der Waals surface area contributed by atoms with Gasteiger partial charge >= 0.3 is 11.9 Å². The third-order valence-electron chi connectivity index (χ3n) is 11.4. The second kappa shape index (κ2) is 15.5. The molecule has 5 unspecified atom stereocenters. The zero-order chi connectivity index (χ0) is 34.8. The van der Waals surface area contributed by atoms with Crippen LogP contribution in [0.3, 0.4) is 0 Å². The van der Waals surface area contributed by atoms with E-state index in [0.717, 1.165) is 12.5 Å². The lowest BCUT2D eigenvalue weighted by atomic mass is 9.78. The Morgan fingerprint density at radius 3 is 2.36 bits per heavy atom. The van der Waals surface area contributed by atoms with Gasteiger partial charge in [0.15, 0.2) is 17.7 Å². The number of nitrogens with one attached hydrogen (secondary N) is 2. The molecule has 1 saturated carbocycles. The van der Waals surface area contributed by atoms with E-state index in [0.29, 0.717) is 25.9 Å². The summed E-state index contributed by atoms with van der Waals surface area (Å²) in [5.41, 5.74) is -2.05. The predicted molar refractivity (Wildman–Crippen MR) is 175 cm³/mol. The molecule has 4 fully saturated rings. The molecule has 3 N–H and O–H groups in total. The van der Waals surface area contributed by atoms with Crippen molar-refractivity contribution in [3.8, 4) is 0 Å². The zero-order valence-electron chi connectivity index (χ0n) is 30.2. The number of ether oxygens (including phenoxy) is 5. The highest BCUT2D eigenvalue weighted by Gasteiger charge is 2.54. The van der Waals surface area contributed by atoms with Crippen LogP contribution in [0, 0.1) is 29.6 Å². The van der Waals surface area contributed by atoms with Crippen molar-refractivity contribution in [3.63, 3.8) is 0 Å². The molecule has 4 rings (SSSR count). The number of fused-ring (bicyclic) bond motifs is 1. The van der Waals surface area contributed by atoms with Gasteiger partial charge in [-0.3, -0.25) is 14.4 Å². The molecule has 0 spiro atoms. The van der Waals surface area contributed by atoms with E-state index in [1.165, 1.54) is 19.8 Å². The predicted octanol–water partition coefficient (Wildman–Crippen LogP) is 2.30. The minimum Gasteiger partial charge on any atom is -0.458 e. The van der Waals surface area contributed by atoms with Gasteiger partial charge in [-0.1, -0.05) is 13.8 Å². The van der Waals surface area contributed by atoms with Gasteiger partial charge in [0.2, 0.25) is 0 Å². The average molecular weight is 668 g/mol. The molecule has 47 heavy (non-hydrogen) atoms. The lowest BCUT2D eigenvalue weighted by molar-refractivity contribution is -0.297. The Morgan fingerprint density at radius 2 is 1.74 bits per heavy atom. The first-order valence-electron chi connectivity index (χ1n) is 17.6. The van der Waals surface area contributed by atoms with Gasteiger partial charge in [0.05, 0.1) is 24.2 Å². The van der Waals surface area contributed by atoms with Crippen molar-refractivity contribution in [1.82, 2.24) is 15.5 Å². The van der Waals surface area contributed by atoms with E-state index in [1.54, 1.807) is 27.9 Å². The molecule has 3 saturated heterocycles. The Morgan fingerprint density at radius 1 is 1.06 bits per heavy atom. The number of nitrogens with zero attached hydrogens (tertiary/aromatic N) is 1. The van der Waals surface area contributed by atoms with E-state index in [2.05, 4.69) is 17.6 Å². The number of esters is 2. The van der Waals surface area contributed by atoms with Crippen molar-refractivity contribution in [1.29, 1.82) is 0 Å². The van der Waals surface area contributed by atoms with Gasteiger partial charge in [-0.05, 0) is 99.3 Å². The summed E-state index contributed by atoms with van der Waals surface area (Å²) in [6.45, 7) is 15.0. The Hall–Kier alpha value is -1.67. The maximum absolute atomic E-state index is 14.1. The minimum atomic E-state index is -1.12. The summed E-state index contributed by atoms with van der Waals surface area (Å²) in [4.78, 5) is 42.1. The van der Waals surface area contributed by atoms with Crippen LogP contribution in [0.1, 0.15) is 80.6 Å². The molecule has 0 aromatic carbocycles. The molecule has 0 amide bonds. The Labute approximate surface area is 281 Å². The molecule has 0 aromatic rings. The number of Topliss-reactive ketones (excluding diaryl/α,β-unsaturated/α-hetero) is 1. The molecule has 3 aliphatic heterocycles. The van der Waals surface area contributed by atoms with Crippen molar-refractivity contribution in [2.75, 3.05) is 40.8 Å². The number of methoxy groups -OCH3 is 1. The van der Waals surface area contributed by atoms with Crippen LogP contribution in [0.4, 0.5) is 0 Å². The van der Waals surface area contributed by atoms with Crippen LogP contribution in [0.25, 0.3) is 0 Å². The SMILES string of the molecule is CO[C@]1(C)C[C@@H](C)CN[C@H](C)[C@H]2CC(=O)O[C@]2(C)[C@@H](C)OC(=O)C(C)C(=O)[C@H](C)[C@H]1OC1OC(CNCC2CC2)CC(N(C)C)C1O. The van der Waals surface area contributed by atoms with Crippen LogP contribution < -0.4 is 10.6 Å². The monoisotopic (exact) mass is 667 g/mol. The molecule has 13 atom stereocenters. The molecule has 1 aliphatic carbocycles. The molecule has 270 valence electrons. The van der Waals surface area contributed by atoms with E-state index in [9.17, 15) is 19.5 Å². The summed E-state index contributed by atoms with van der Waals surface area (Å²) in [7, 11) is 5.46. The summed E-state index contributed by atoms with van der Waals surface area (Å²) >= 11 is 0. The fourth-order valence-electron chi connectivity index (χ4n) is 7.85. The van der Waals surface area contributed by atoms with Crippen molar-refractivity contribution in [3.05, 3.63) is 0 Å². The molecule has 3 heterocycles. The van der Waals surface area contributed by atoms with Crippen molar-refractivity contribution < 1.29 is 43.2 Å². The van der Waals surface area contributed by atoms with E-state index < -0.39 is 53.6 Å². The lowest BCUT2D eigenvalue weighted by Gasteiger charge is -2.47. The van der Waals surface area contributed by atoms with Gasteiger partial charge in [-0.15, -0.1) is 0 Å². The van der Waals surface area contributed by atoms with Crippen molar-refractivity contribution >= 4 is 17.7 Å². The fraction of sp³-hybridized carbons (Fsp3) is 0.914. The van der Waals surface area contributed by atoms with Crippen LogP contribution in [0.15, 0.2) is 0 Å². The standard InChI is InChI=1S/C35H61N3O9/c1-19-15-34(6,43-10)31(46-33-30(41)27(38(8)9)13-25(45-33)18-36-17-24-11-12-24)20(2)29(40)21(3)32(42)44-23(5)35(7)26(14-28(39)47-35)22(4)37-16-19/h19-27,30-31,33,36-37,41H,11-18H2,1-10H3/t19-,20+,21?,22-,23-,25?,26-,27?,30?,31-,33?,34-,35-/m1/s1. The summed E-state index contributed by atoms with van der Waals surface area (Å²) in [6.07, 6.45) is -0.0149. The van der Waals surface area contributed by atoms with Crippen molar-refractivity contribution in [2.45, 2.75) is 135 Å². The molecular formula is C35H61N3O9. The molecule has 0 bridgehead atoms. The zero-order valence-corrected chi connectivity index (χ0v) is 30.2. The summed E-state index contributed by atoms with van der Waals surface area (Å²) < 4.78 is 31.0. The average Bonchev–Trinajstić information content (AvgIpc) is 3.79. The van der Waals surface area contributed by atoms with Gasteiger partial charge in [0.25, 0.3) is 0 Å². The quantitative estimate of drug-likeness (QED) is 0.258. The second-order valence-electron chi connectivity index (χ2n) is 15.5. The van der Waals surface area contributed by atoms with E-state index in [1.807, 2.05) is 32.8 Å². The normalized spacial score (nSPS) is 44.3. The van der Waals surface area contributed by atoms with Gasteiger partial charge in [-0.2, -0.15) is 0 Å². The van der Waals surface area contributed by atoms with Gasteiger partial charge in [0, 0.05) is 37.6 Å². The van der Waals surface area contributed by atoms with Crippen LogP contribution in [0.5, 0.6) is 0 Å². The number of cyclic esters (lactones) is 1. The Kier molecular flexibility index (Phi) is 12.6. The van der Waals surface area contributed by atoms with Crippen LogP contribution in [-0.4, -0.2) is 123 Å². The number of likely N-dealkylation sites (N-methyl/N-ethyl adjacent to an activating group) is 1. The summed E-state index contributed by atoms with van der Waals surface area (Å²) in [5, 5.41) is 18.6. The number of hydrogen-bond donors (Lipinski definition) is 3. The van der Waals surface area contributed by atoms with Crippen LogP contribution in [-0.2, 0) is 38.1 Å². The van der Waals surface area contributed by atoms with Crippen LogP contribution in [0.2, 0.25) is 0 Å². The molecule has 0 radical (unpaired) electrons. The topological polar surface area (TPSA) is 145 Å². The van der Waals surface area contributed by atoms with Gasteiger partial charge in [-0.25, -0.2) is 0 Å². The largest absolute Gasteiger partial charge is 0.458 e. The number of carbonyl (C=O) groups is 3. The third-order valence-corrected chi connectivity index (χ3v) is 11.4. The molecular weight excluding hydrogens is 606 g/mol. The van der Waals surface area contributed by atoms with E-state index in [4.69, 9.17) is 23.7 Å². The highest BCUT2D eigenvalue weighted by atomic mass is 16.7. The smallest absolute Gasteiger partial charge is 0.316 e. The maximum atomic E-state index is 14.1. The molecule has 12 heteroatoms. The number of ketones is 1. The Balaban J connectivity index is 1.64. The second-order valence-corrected chi connectivity index (χ2v) is 15.5. The van der Waals surface area contributed by atoms with Crippen LogP contribution >= 0.6 is 0 Å². The van der Waals surface area contributed by atoms with Crippen molar-refractivity contribution in [2.24, 2.45) is 29.6 Å².